The van der Waals surface area contributed by atoms with Crippen LogP contribution in [0.1, 0.15) is 0 Å². The number of nitrogens with two attached hydrogens (primary N) is 1. The predicted octanol–water partition coefficient (Wildman–Crippen LogP) is 0.106. The van der Waals surface area contributed by atoms with Crippen molar-refractivity contribution in [2.45, 2.75) is 0 Å². The van der Waals surface area contributed by atoms with E-state index in [-0.39, 0.29) is 11.8 Å². The number of anilines is 1. The minimum atomic E-state index is -0.435. The highest BCUT2D eigenvalue weighted by Crippen LogP contribution is 2.26. The van der Waals surface area contributed by atoms with E-state index in [1.54, 1.807) is 0 Å². The van der Waals surface area contributed by atoms with Crippen molar-refractivity contribution in [3.05, 3.63) is 4.91 Å². The molecule has 0 aliphatic heterocycles. The molecular weight excluding hydrogens is 136 g/mol. The van der Waals surface area contributed by atoms with Gasteiger partial charge in [-0.2, -0.15) is 4.98 Å². The molecule has 1 aromatic rings. The first-order valence-electron chi connectivity index (χ1n) is 2.51. The van der Waals surface area contributed by atoms with Crippen molar-refractivity contribution in [3.8, 4) is 5.88 Å². The van der Waals surface area contributed by atoms with Gasteiger partial charge >= 0.3 is 0 Å². The fourth-order valence-electron chi connectivity index (χ4n) is 0.594. The SMILES string of the molecule is Cn1c(N)nc(O)c1N=O. The third kappa shape index (κ3) is 0.697. The van der Waals surface area contributed by atoms with Crippen LogP contribution in [-0.4, -0.2) is 14.7 Å². The summed E-state index contributed by atoms with van der Waals surface area (Å²) >= 11 is 0. The molecule has 0 saturated carbocycles. The van der Waals surface area contributed by atoms with E-state index in [2.05, 4.69) is 10.2 Å². The van der Waals surface area contributed by atoms with E-state index < -0.39 is 5.88 Å². The zero-order valence-electron chi connectivity index (χ0n) is 5.27. The van der Waals surface area contributed by atoms with Crippen LogP contribution in [0.15, 0.2) is 5.18 Å². The Labute approximate surface area is 56.3 Å². The monoisotopic (exact) mass is 142 g/mol. The summed E-state index contributed by atoms with van der Waals surface area (Å²) < 4.78 is 1.20. The summed E-state index contributed by atoms with van der Waals surface area (Å²) in [6.07, 6.45) is 0. The molecule has 1 aromatic heterocycles. The van der Waals surface area contributed by atoms with Gasteiger partial charge in [0.25, 0.3) is 5.88 Å². The van der Waals surface area contributed by atoms with Crippen LogP contribution < -0.4 is 5.73 Å². The summed E-state index contributed by atoms with van der Waals surface area (Å²) in [4.78, 5) is 13.3. The molecule has 3 N–H and O–H groups in total. The molecule has 0 spiro atoms. The highest BCUT2D eigenvalue weighted by molar-refractivity contribution is 5.46. The van der Waals surface area contributed by atoms with Crippen molar-refractivity contribution in [3.63, 3.8) is 0 Å². The van der Waals surface area contributed by atoms with Gasteiger partial charge in [-0.1, -0.05) is 0 Å². The molecule has 0 aliphatic carbocycles. The Morgan fingerprint density at radius 3 is 2.60 bits per heavy atom. The number of nitroso groups, excluding NO2 is 1. The third-order valence-electron chi connectivity index (χ3n) is 1.17. The number of rotatable bonds is 1. The number of imidazole rings is 1. The lowest BCUT2D eigenvalue weighted by Crippen LogP contribution is -1.95. The molecule has 6 heteroatoms. The maximum absolute atomic E-state index is 9.94. The summed E-state index contributed by atoms with van der Waals surface area (Å²) in [5.74, 6) is -0.528. The summed E-state index contributed by atoms with van der Waals surface area (Å²) in [6.45, 7) is 0. The molecule has 1 rings (SSSR count). The topological polar surface area (TPSA) is 93.5 Å². The summed E-state index contributed by atoms with van der Waals surface area (Å²) in [5.41, 5.74) is 5.21. The Balaban J connectivity index is 3.33. The van der Waals surface area contributed by atoms with Crippen LogP contribution in [0, 0.1) is 4.91 Å². The van der Waals surface area contributed by atoms with Crippen molar-refractivity contribution in [2.75, 3.05) is 5.73 Å². The fourth-order valence-corrected chi connectivity index (χ4v) is 0.594. The highest BCUT2D eigenvalue weighted by atomic mass is 16.3. The number of aromatic nitrogens is 2. The fraction of sp³-hybridized carbons (Fsp3) is 0.250. The number of hydrogen-bond acceptors (Lipinski definition) is 5. The van der Waals surface area contributed by atoms with Gasteiger partial charge in [-0.25, -0.2) is 0 Å². The molecule has 0 amide bonds. The van der Waals surface area contributed by atoms with Crippen LogP contribution in [0.4, 0.5) is 11.8 Å². The molecule has 10 heavy (non-hydrogen) atoms. The molecule has 0 atom stereocenters. The van der Waals surface area contributed by atoms with Gasteiger partial charge in [0, 0.05) is 7.05 Å². The highest BCUT2D eigenvalue weighted by Gasteiger charge is 2.10. The van der Waals surface area contributed by atoms with Gasteiger partial charge in [0.05, 0.1) is 0 Å². The molecule has 0 aromatic carbocycles. The molecule has 0 aliphatic rings. The molecule has 0 unspecified atom stereocenters. The van der Waals surface area contributed by atoms with Gasteiger partial charge in [0.1, 0.15) is 0 Å². The van der Waals surface area contributed by atoms with E-state index in [0.717, 1.165) is 0 Å². The Hall–Kier alpha value is -1.59. The van der Waals surface area contributed by atoms with E-state index in [4.69, 9.17) is 10.8 Å². The molecule has 1 heterocycles. The predicted molar refractivity (Wildman–Crippen MR) is 34.7 cm³/mol. The van der Waals surface area contributed by atoms with Gasteiger partial charge in [-0.15, -0.1) is 4.91 Å². The van der Waals surface area contributed by atoms with Gasteiger partial charge in [0.15, 0.2) is 0 Å². The summed E-state index contributed by atoms with van der Waals surface area (Å²) in [6, 6.07) is 0. The minimum Gasteiger partial charge on any atom is -0.490 e. The molecule has 54 valence electrons. The number of nitrogen functional groups attached to an aromatic ring is 1. The number of hydrogen-bond donors (Lipinski definition) is 2. The zero-order valence-corrected chi connectivity index (χ0v) is 5.27. The lowest BCUT2D eigenvalue weighted by Gasteiger charge is -1.91. The minimum absolute atomic E-state index is 0.0621. The van der Waals surface area contributed by atoms with E-state index in [0.29, 0.717) is 0 Å². The van der Waals surface area contributed by atoms with Crippen molar-refractivity contribution >= 4 is 11.8 Å². The van der Waals surface area contributed by atoms with Gasteiger partial charge < -0.3 is 10.8 Å². The maximum atomic E-state index is 9.94. The first kappa shape index (κ1) is 6.53. The molecular formula is C4H6N4O2. The summed E-state index contributed by atoms with van der Waals surface area (Å²) in [7, 11) is 1.48. The lowest BCUT2D eigenvalue weighted by molar-refractivity contribution is 0.458. The van der Waals surface area contributed by atoms with Gasteiger partial charge in [0.2, 0.25) is 11.8 Å². The van der Waals surface area contributed by atoms with Crippen molar-refractivity contribution in [1.29, 1.82) is 0 Å². The molecule has 6 nitrogen and oxygen atoms in total. The first-order valence-corrected chi connectivity index (χ1v) is 2.51. The second kappa shape index (κ2) is 1.98. The normalized spacial score (nSPS) is 9.70. The zero-order chi connectivity index (χ0) is 7.72. The van der Waals surface area contributed by atoms with E-state index in [1.165, 1.54) is 11.6 Å². The van der Waals surface area contributed by atoms with Crippen LogP contribution in [0.2, 0.25) is 0 Å². The van der Waals surface area contributed by atoms with Crippen LogP contribution in [0.25, 0.3) is 0 Å². The second-order valence-corrected chi connectivity index (χ2v) is 1.77. The molecule has 0 fully saturated rings. The largest absolute Gasteiger partial charge is 0.490 e. The Bertz CT molecular complexity index is 266. The number of aromatic hydroxyl groups is 1. The van der Waals surface area contributed by atoms with Crippen molar-refractivity contribution in [1.82, 2.24) is 9.55 Å². The van der Waals surface area contributed by atoms with Crippen molar-refractivity contribution < 1.29 is 5.11 Å². The lowest BCUT2D eigenvalue weighted by atomic mass is 10.7. The Kier molecular flexibility index (Phi) is 1.29. The Morgan fingerprint density at radius 1 is 1.80 bits per heavy atom. The van der Waals surface area contributed by atoms with E-state index in [1.807, 2.05) is 0 Å². The standard InChI is InChI=1S/C4H6N4O2/c1-8-2(7-10)3(9)6-4(8)5/h9H,1H3,(H2,5,6). The molecule has 0 bridgehead atoms. The maximum Gasteiger partial charge on any atom is 0.262 e. The van der Waals surface area contributed by atoms with Gasteiger partial charge in [-0.3, -0.25) is 4.57 Å². The quantitative estimate of drug-likeness (QED) is 0.544. The molecule has 0 saturated heterocycles. The third-order valence-corrected chi connectivity index (χ3v) is 1.17. The smallest absolute Gasteiger partial charge is 0.262 e. The van der Waals surface area contributed by atoms with Crippen LogP contribution >= 0.6 is 0 Å². The van der Waals surface area contributed by atoms with Crippen LogP contribution in [-0.2, 0) is 7.05 Å². The van der Waals surface area contributed by atoms with E-state index >= 15 is 0 Å². The van der Waals surface area contributed by atoms with E-state index in [9.17, 15) is 4.91 Å². The molecule has 0 radical (unpaired) electrons. The average Bonchev–Trinajstić information content (AvgIpc) is 2.09. The van der Waals surface area contributed by atoms with Crippen molar-refractivity contribution in [2.24, 2.45) is 12.2 Å². The second-order valence-electron chi connectivity index (χ2n) is 1.77. The number of nitrogens with zero attached hydrogens (tertiary/aromatic N) is 3. The average molecular weight is 142 g/mol. The van der Waals surface area contributed by atoms with Crippen LogP contribution in [0.5, 0.6) is 5.88 Å². The van der Waals surface area contributed by atoms with Gasteiger partial charge in [-0.05, 0) is 5.18 Å². The summed E-state index contributed by atoms with van der Waals surface area (Å²) in [5, 5.41) is 11.3. The first-order chi connectivity index (χ1) is 4.66. The van der Waals surface area contributed by atoms with Crippen LogP contribution in [0.3, 0.4) is 0 Å². The Morgan fingerprint density at radius 2 is 2.40 bits per heavy atom.